The third-order valence-corrected chi connectivity index (χ3v) is 5.78. The summed E-state index contributed by atoms with van der Waals surface area (Å²) in [5.74, 6) is 0.667. The van der Waals surface area contributed by atoms with Crippen molar-refractivity contribution in [1.82, 2.24) is 14.9 Å². The van der Waals surface area contributed by atoms with Crippen LogP contribution in [-0.4, -0.2) is 47.6 Å². The van der Waals surface area contributed by atoms with Crippen LogP contribution in [0.2, 0.25) is 0 Å². The van der Waals surface area contributed by atoms with Crippen LogP contribution in [-0.2, 0) is 28.0 Å². The Kier molecular flexibility index (Phi) is 6.78. The van der Waals surface area contributed by atoms with Gasteiger partial charge >= 0.3 is 0 Å². The summed E-state index contributed by atoms with van der Waals surface area (Å²) in [4.78, 5) is 24.8. The highest BCUT2D eigenvalue weighted by molar-refractivity contribution is 5.99. The van der Waals surface area contributed by atoms with Crippen molar-refractivity contribution in [3.05, 3.63) is 83.8 Å². The second-order valence-corrected chi connectivity index (χ2v) is 8.27. The minimum Gasteiger partial charge on any atom is -0.383 e. The molecule has 1 aliphatic rings. The number of hydrogen-bond acceptors (Lipinski definition) is 6. The Labute approximate surface area is 188 Å². The van der Waals surface area contributed by atoms with E-state index in [1.807, 2.05) is 43.3 Å². The quantitative estimate of drug-likeness (QED) is 0.569. The fraction of sp³-hybridized carbons (Fsp3) is 0.320. The predicted molar refractivity (Wildman–Crippen MR) is 125 cm³/mol. The van der Waals surface area contributed by atoms with Crippen LogP contribution >= 0.6 is 0 Å². The van der Waals surface area contributed by atoms with E-state index >= 15 is 0 Å². The molecule has 3 heterocycles. The summed E-state index contributed by atoms with van der Waals surface area (Å²) >= 11 is 0. The van der Waals surface area contributed by atoms with Gasteiger partial charge in [-0.05, 0) is 36.2 Å². The summed E-state index contributed by atoms with van der Waals surface area (Å²) in [7, 11) is 1.69. The molecule has 0 aliphatic carbocycles. The van der Waals surface area contributed by atoms with Crippen molar-refractivity contribution in [2.45, 2.75) is 25.4 Å². The molecule has 7 heteroatoms. The van der Waals surface area contributed by atoms with Gasteiger partial charge in [0.05, 0.1) is 24.2 Å². The molecule has 0 radical (unpaired) electrons. The molecule has 1 amide bonds. The molecule has 0 fully saturated rings. The molecule has 4 rings (SSSR count). The van der Waals surface area contributed by atoms with E-state index in [9.17, 15) is 4.79 Å². The molecule has 2 N–H and O–H groups in total. The Morgan fingerprint density at radius 1 is 1.16 bits per heavy atom. The van der Waals surface area contributed by atoms with Gasteiger partial charge in [-0.25, -0.2) is 4.98 Å². The van der Waals surface area contributed by atoms with Crippen molar-refractivity contribution >= 4 is 17.4 Å². The third kappa shape index (κ3) is 4.95. The van der Waals surface area contributed by atoms with E-state index in [0.29, 0.717) is 25.4 Å². The Balaban J connectivity index is 1.61. The van der Waals surface area contributed by atoms with Crippen molar-refractivity contribution in [3.63, 3.8) is 0 Å². The van der Waals surface area contributed by atoms with Gasteiger partial charge in [0.2, 0.25) is 5.91 Å². The van der Waals surface area contributed by atoms with Crippen LogP contribution in [0.1, 0.15) is 23.7 Å². The van der Waals surface area contributed by atoms with Gasteiger partial charge in [-0.1, -0.05) is 36.4 Å². The van der Waals surface area contributed by atoms with E-state index in [0.717, 1.165) is 30.2 Å². The van der Waals surface area contributed by atoms with Crippen LogP contribution in [0, 0.1) is 0 Å². The normalized spacial score (nSPS) is 18.1. The summed E-state index contributed by atoms with van der Waals surface area (Å²) < 4.78 is 5.27. The molecule has 7 nitrogen and oxygen atoms in total. The van der Waals surface area contributed by atoms with E-state index < -0.39 is 5.41 Å². The van der Waals surface area contributed by atoms with Crippen LogP contribution < -0.4 is 10.6 Å². The first-order valence-corrected chi connectivity index (χ1v) is 10.8. The molecule has 166 valence electrons. The van der Waals surface area contributed by atoms with Crippen LogP contribution in [0.25, 0.3) is 0 Å². The molecule has 0 spiro atoms. The van der Waals surface area contributed by atoms with Crippen LogP contribution in [0.15, 0.2) is 67.0 Å². The van der Waals surface area contributed by atoms with Crippen molar-refractivity contribution in [2.24, 2.45) is 0 Å². The van der Waals surface area contributed by atoms with Gasteiger partial charge in [-0.2, -0.15) is 0 Å². The standard InChI is InChI=1S/C25H29N5O2/c1-25(24(31)28-21-9-6-12-26-16-21)18-30(13-14-32-2)17-20-10-11-22(29-23(20)25)27-15-19-7-4-3-5-8-19/h3-12,16H,13-15,17-18H2,1-2H3,(H,27,29)(H,28,31). The minimum absolute atomic E-state index is 0.0958. The lowest BCUT2D eigenvalue weighted by atomic mass is 9.79. The largest absolute Gasteiger partial charge is 0.383 e. The number of carbonyl (C=O) groups excluding carboxylic acids is 1. The molecule has 2 aromatic heterocycles. The number of anilines is 2. The Morgan fingerprint density at radius 2 is 2.00 bits per heavy atom. The Bertz CT molecular complexity index is 1040. The van der Waals surface area contributed by atoms with E-state index in [-0.39, 0.29) is 5.91 Å². The van der Waals surface area contributed by atoms with Crippen molar-refractivity contribution in [1.29, 1.82) is 0 Å². The zero-order valence-corrected chi connectivity index (χ0v) is 18.5. The number of amides is 1. The number of carbonyl (C=O) groups is 1. The number of nitrogens with zero attached hydrogens (tertiary/aromatic N) is 3. The maximum Gasteiger partial charge on any atom is 0.237 e. The van der Waals surface area contributed by atoms with Gasteiger partial charge in [0, 0.05) is 39.5 Å². The lowest BCUT2D eigenvalue weighted by molar-refractivity contribution is -0.122. The first-order valence-electron chi connectivity index (χ1n) is 10.8. The summed E-state index contributed by atoms with van der Waals surface area (Å²) in [6, 6.07) is 17.9. The van der Waals surface area contributed by atoms with Crippen LogP contribution in [0.5, 0.6) is 0 Å². The van der Waals surface area contributed by atoms with E-state index in [1.54, 1.807) is 19.5 Å². The zero-order chi connectivity index (χ0) is 22.4. The predicted octanol–water partition coefficient (Wildman–Crippen LogP) is 3.45. The Hall–Kier alpha value is -3.29. The number of rotatable bonds is 8. The molecular formula is C25H29N5O2. The minimum atomic E-state index is -0.818. The monoisotopic (exact) mass is 431 g/mol. The summed E-state index contributed by atoms with van der Waals surface area (Å²) in [5, 5.41) is 6.42. The average Bonchev–Trinajstić information content (AvgIpc) is 2.83. The van der Waals surface area contributed by atoms with E-state index in [1.165, 1.54) is 5.56 Å². The molecule has 1 atom stereocenters. The van der Waals surface area contributed by atoms with Gasteiger partial charge in [0.15, 0.2) is 0 Å². The highest BCUT2D eigenvalue weighted by Crippen LogP contribution is 2.34. The molecule has 0 saturated carbocycles. The number of hydrogen-bond donors (Lipinski definition) is 2. The van der Waals surface area contributed by atoms with Gasteiger partial charge < -0.3 is 15.4 Å². The van der Waals surface area contributed by atoms with Gasteiger partial charge in [-0.3, -0.25) is 14.7 Å². The second-order valence-electron chi connectivity index (χ2n) is 8.27. The number of aromatic nitrogens is 2. The smallest absolute Gasteiger partial charge is 0.237 e. The van der Waals surface area contributed by atoms with Crippen molar-refractivity contribution < 1.29 is 9.53 Å². The topological polar surface area (TPSA) is 79.4 Å². The van der Waals surface area contributed by atoms with E-state index in [4.69, 9.17) is 9.72 Å². The second kappa shape index (κ2) is 9.89. The van der Waals surface area contributed by atoms with Gasteiger partial charge in [0.1, 0.15) is 11.2 Å². The fourth-order valence-corrected chi connectivity index (χ4v) is 4.06. The number of fused-ring (bicyclic) bond motifs is 1. The summed E-state index contributed by atoms with van der Waals surface area (Å²) in [6.07, 6.45) is 3.34. The SMILES string of the molecule is COCCN1Cc2ccc(NCc3ccccc3)nc2C(C)(C(=O)Nc2cccnc2)C1. The lowest BCUT2D eigenvalue weighted by Crippen LogP contribution is -2.52. The third-order valence-electron chi connectivity index (χ3n) is 5.78. The maximum absolute atomic E-state index is 13.5. The van der Waals surface area contributed by atoms with Gasteiger partial charge in [-0.15, -0.1) is 0 Å². The molecule has 1 aliphatic heterocycles. The van der Waals surface area contributed by atoms with Gasteiger partial charge in [0.25, 0.3) is 0 Å². The molecule has 1 aromatic carbocycles. The van der Waals surface area contributed by atoms with E-state index in [2.05, 4.69) is 38.7 Å². The zero-order valence-electron chi connectivity index (χ0n) is 18.5. The summed E-state index contributed by atoms with van der Waals surface area (Å²) in [5.41, 5.74) is 2.90. The molecule has 0 saturated heterocycles. The van der Waals surface area contributed by atoms with Crippen molar-refractivity contribution in [3.8, 4) is 0 Å². The van der Waals surface area contributed by atoms with Crippen molar-refractivity contribution in [2.75, 3.05) is 37.4 Å². The highest BCUT2D eigenvalue weighted by Gasteiger charge is 2.43. The summed E-state index contributed by atoms with van der Waals surface area (Å²) in [6.45, 7) is 5.29. The lowest BCUT2D eigenvalue weighted by Gasteiger charge is -2.40. The number of pyridine rings is 2. The fourth-order valence-electron chi connectivity index (χ4n) is 4.06. The first-order chi connectivity index (χ1) is 15.6. The first kappa shape index (κ1) is 21.9. The number of ether oxygens (including phenoxy) is 1. The highest BCUT2D eigenvalue weighted by atomic mass is 16.5. The molecule has 32 heavy (non-hydrogen) atoms. The maximum atomic E-state index is 13.5. The molecule has 1 unspecified atom stereocenters. The average molecular weight is 432 g/mol. The molecular weight excluding hydrogens is 402 g/mol. The Morgan fingerprint density at radius 3 is 2.75 bits per heavy atom. The molecule has 0 bridgehead atoms. The molecule has 3 aromatic rings. The van der Waals surface area contributed by atoms with Crippen LogP contribution in [0.4, 0.5) is 11.5 Å². The number of benzene rings is 1. The van der Waals surface area contributed by atoms with Crippen LogP contribution in [0.3, 0.4) is 0 Å². The number of nitrogens with one attached hydrogen (secondary N) is 2. The number of methoxy groups -OCH3 is 1.